The summed E-state index contributed by atoms with van der Waals surface area (Å²) in [6.45, 7) is 2.04. The first-order valence-electron chi connectivity index (χ1n) is 4.79. The third-order valence-electron chi connectivity index (χ3n) is 2.24. The molecule has 0 fully saturated rings. The summed E-state index contributed by atoms with van der Waals surface area (Å²) in [6, 6.07) is 7.68. The minimum atomic E-state index is 0.721. The van der Waals surface area contributed by atoms with Crippen molar-refractivity contribution in [1.82, 2.24) is 4.98 Å². The molecular weight excluding hydrogens is 288 g/mol. The van der Waals surface area contributed by atoms with Gasteiger partial charge in [-0.3, -0.25) is 4.98 Å². The maximum Gasteiger partial charge on any atom is 0.0593 e. The molecule has 0 aliphatic heterocycles. The fourth-order valence-electron chi connectivity index (χ4n) is 1.35. The molecule has 2 aromatic rings. The first-order valence-corrected chi connectivity index (χ1v) is 5.96. The zero-order chi connectivity index (χ0) is 11.5. The number of benzene rings is 1. The van der Waals surface area contributed by atoms with Crippen LogP contribution in [0.2, 0.25) is 5.02 Å². The van der Waals surface area contributed by atoms with Crippen LogP contribution in [0.3, 0.4) is 0 Å². The molecule has 0 saturated carbocycles. The topological polar surface area (TPSA) is 24.9 Å². The van der Waals surface area contributed by atoms with Gasteiger partial charge in [-0.15, -0.1) is 0 Å². The molecule has 0 amide bonds. The van der Waals surface area contributed by atoms with Crippen molar-refractivity contribution in [2.24, 2.45) is 0 Å². The normalized spacial score (nSPS) is 10.2. The fourth-order valence-corrected chi connectivity index (χ4v) is 1.87. The van der Waals surface area contributed by atoms with Crippen LogP contribution in [0, 0.1) is 6.92 Å². The molecule has 4 heteroatoms. The number of aryl methyl sites for hydroxylation is 1. The standard InChI is InChI=1S/C12H10BrClN2/c1-8-2-3-9(14)6-12(8)16-11-4-5-15-7-10(11)13/h2-7H,1H3,(H,15,16). The molecule has 2 nitrogen and oxygen atoms in total. The van der Waals surface area contributed by atoms with Crippen LogP contribution in [0.25, 0.3) is 0 Å². The number of rotatable bonds is 2. The Hall–Kier alpha value is -1.06. The summed E-state index contributed by atoms with van der Waals surface area (Å²) in [5.74, 6) is 0. The van der Waals surface area contributed by atoms with E-state index in [1.165, 1.54) is 0 Å². The van der Waals surface area contributed by atoms with E-state index in [4.69, 9.17) is 11.6 Å². The Morgan fingerprint density at radius 1 is 1.25 bits per heavy atom. The summed E-state index contributed by atoms with van der Waals surface area (Å²) in [4.78, 5) is 4.01. The monoisotopic (exact) mass is 296 g/mol. The molecule has 2 rings (SSSR count). The summed E-state index contributed by atoms with van der Waals surface area (Å²) in [5, 5.41) is 4.03. The first kappa shape index (κ1) is 11.4. The van der Waals surface area contributed by atoms with Gasteiger partial charge >= 0.3 is 0 Å². The van der Waals surface area contributed by atoms with E-state index in [0.29, 0.717) is 0 Å². The van der Waals surface area contributed by atoms with Crippen molar-refractivity contribution < 1.29 is 0 Å². The van der Waals surface area contributed by atoms with Gasteiger partial charge in [-0.25, -0.2) is 0 Å². The number of hydrogen-bond donors (Lipinski definition) is 1. The van der Waals surface area contributed by atoms with Gasteiger partial charge in [0.25, 0.3) is 0 Å². The Labute approximate surface area is 108 Å². The second-order valence-corrected chi connectivity index (χ2v) is 4.73. The molecule has 1 N–H and O–H groups in total. The third-order valence-corrected chi connectivity index (χ3v) is 3.11. The van der Waals surface area contributed by atoms with Crippen molar-refractivity contribution in [2.75, 3.05) is 5.32 Å². The van der Waals surface area contributed by atoms with E-state index >= 15 is 0 Å². The van der Waals surface area contributed by atoms with Gasteiger partial charge in [-0.1, -0.05) is 17.7 Å². The van der Waals surface area contributed by atoms with Crippen LogP contribution in [0.5, 0.6) is 0 Å². The van der Waals surface area contributed by atoms with E-state index in [1.54, 1.807) is 12.4 Å². The van der Waals surface area contributed by atoms with Gasteiger partial charge in [-0.2, -0.15) is 0 Å². The number of pyridine rings is 1. The lowest BCUT2D eigenvalue weighted by molar-refractivity contribution is 1.30. The summed E-state index contributed by atoms with van der Waals surface area (Å²) < 4.78 is 0.925. The van der Waals surface area contributed by atoms with E-state index in [-0.39, 0.29) is 0 Å². The number of nitrogens with zero attached hydrogens (tertiary/aromatic N) is 1. The molecular formula is C12H10BrClN2. The zero-order valence-corrected chi connectivity index (χ0v) is 11.0. The predicted molar refractivity (Wildman–Crippen MR) is 71.4 cm³/mol. The highest BCUT2D eigenvalue weighted by atomic mass is 79.9. The summed E-state index contributed by atoms with van der Waals surface area (Å²) >= 11 is 9.40. The van der Waals surface area contributed by atoms with Crippen LogP contribution in [-0.4, -0.2) is 4.98 Å². The van der Waals surface area contributed by atoms with Crippen LogP contribution in [-0.2, 0) is 0 Å². The highest BCUT2D eigenvalue weighted by Crippen LogP contribution is 2.28. The number of hydrogen-bond acceptors (Lipinski definition) is 2. The molecule has 0 saturated heterocycles. The lowest BCUT2D eigenvalue weighted by Crippen LogP contribution is -1.94. The van der Waals surface area contributed by atoms with Crippen molar-refractivity contribution in [3.05, 3.63) is 51.7 Å². The van der Waals surface area contributed by atoms with Crippen LogP contribution >= 0.6 is 27.5 Å². The molecule has 0 radical (unpaired) electrons. The number of halogens is 2. The lowest BCUT2D eigenvalue weighted by Gasteiger charge is -2.11. The maximum atomic E-state index is 5.96. The van der Waals surface area contributed by atoms with Gasteiger partial charge in [0.1, 0.15) is 0 Å². The molecule has 1 heterocycles. The maximum absolute atomic E-state index is 5.96. The van der Waals surface area contributed by atoms with Crippen LogP contribution in [0.1, 0.15) is 5.56 Å². The Bertz CT molecular complexity index is 514. The minimum Gasteiger partial charge on any atom is -0.354 e. The van der Waals surface area contributed by atoms with Crippen LogP contribution in [0.4, 0.5) is 11.4 Å². The smallest absolute Gasteiger partial charge is 0.0593 e. The zero-order valence-electron chi connectivity index (χ0n) is 8.67. The molecule has 0 aliphatic carbocycles. The van der Waals surface area contributed by atoms with Gasteiger partial charge < -0.3 is 5.32 Å². The summed E-state index contributed by atoms with van der Waals surface area (Å²) in [7, 11) is 0. The number of nitrogens with one attached hydrogen (secondary N) is 1. The summed E-state index contributed by atoms with van der Waals surface area (Å²) in [5.41, 5.74) is 3.12. The number of anilines is 2. The van der Waals surface area contributed by atoms with Crippen molar-refractivity contribution >= 4 is 38.9 Å². The highest BCUT2D eigenvalue weighted by molar-refractivity contribution is 9.10. The van der Waals surface area contributed by atoms with E-state index in [1.807, 2.05) is 31.2 Å². The van der Waals surface area contributed by atoms with Crippen molar-refractivity contribution in [1.29, 1.82) is 0 Å². The van der Waals surface area contributed by atoms with Crippen LogP contribution < -0.4 is 5.32 Å². The molecule has 0 bridgehead atoms. The molecule has 1 aromatic heterocycles. The lowest BCUT2D eigenvalue weighted by atomic mass is 10.2. The highest BCUT2D eigenvalue weighted by Gasteiger charge is 2.02. The minimum absolute atomic E-state index is 0.721. The molecule has 16 heavy (non-hydrogen) atoms. The molecule has 0 atom stereocenters. The third kappa shape index (κ3) is 2.54. The average Bonchev–Trinajstić information content (AvgIpc) is 2.27. The quantitative estimate of drug-likeness (QED) is 0.879. The van der Waals surface area contributed by atoms with Crippen molar-refractivity contribution in [2.45, 2.75) is 6.92 Å². The molecule has 0 aliphatic rings. The van der Waals surface area contributed by atoms with Gasteiger partial charge in [0.2, 0.25) is 0 Å². The van der Waals surface area contributed by atoms with Crippen molar-refractivity contribution in [3.8, 4) is 0 Å². The van der Waals surface area contributed by atoms with E-state index in [2.05, 4.69) is 26.2 Å². The Morgan fingerprint density at radius 3 is 2.81 bits per heavy atom. The second kappa shape index (κ2) is 4.85. The van der Waals surface area contributed by atoms with E-state index < -0.39 is 0 Å². The Kier molecular flexibility index (Phi) is 3.46. The van der Waals surface area contributed by atoms with Gasteiger partial charge in [0, 0.05) is 23.1 Å². The summed E-state index contributed by atoms with van der Waals surface area (Å²) in [6.07, 6.45) is 3.50. The number of aromatic nitrogens is 1. The van der Waals surface area contributed by atoms with Gasteiger partial charge in [0.15, 0.2) is 0 Å². The van der Waals surface area contributed by atoms with Crippen LogP contribution in [0.15, 0.2) is 41.1 Å². The largest absolute Gasteiger partial charge is 0.354 e. The first-order chi connectivity index (χ1) is 7.66. The Morgan fingerprint density at radius 2 is 2.06 bits per heavy atom. The van der Waals surface area contributed by atoms with Gasteiger partial charge in [0.05, 0.1) is 10.2 Å². The molecule has 0 spiro atoms. The van der Waals surface area contributed by atoms with E-state index in [0.717, 1.165) is 26.4 Å². The molecule has 0 unspecified atom stereocenters. The molecule has 1 aromatic carbocycles. The second-order valence-electron chi connectivity index (χ2n) is 3.44. The van der Waals surface area contributed by atoms with Crippen molar-refractivity contribution in [3.63, 3.8) is 0 Å². The Balaban J connectivity index is 2.34. The average molecular weight is 298 g/mol. The SMILES string of the molecule is Cc1ccc(Cl)cc1Nc1ccncc1Br. The molecule has 82 valence electrons. The van der Waals surface area contributed by atoms with Gasteiger partial charge in [-0.05, 0) is 46.6 Å². The van der Waals surface area contributed by atoms with E-state index in [9.17, 15) is 0 Å². The predicted octanol–water partition coefficient (Wildman–Crippen LogP) is 4.55. The fraction of sp³-hybridized carbons (Fsp3) is 0.0833.